The molecule has 8 heteroatoms. The predicted octanol–water partition coefficient (Wildman–Crippen LogP) is 10.4. The molecule has 0 amide bonds. The third kappa shape index (κ3) is 8.16. The van der Waals surface area contributed by atoms with Gasteiger partial charge in [-0.25, -0.2) is 9.97 Å². The summed E-state index contributed by atoms with van der Waals surface area (Å²) < 4.78 is 6.59. The third-order valence-corrected chi connectivity index (χ3v) is 9.32. The summed E-state index contributed by atoms with van der Waals surface area (Å²) in [5.74, 6) is 1.14. The van der Waals surface area contributed by atoms with E-state index in [1.54, 1.807) is 30.1 Å². The molecule has 1 radical (unpaired) electrons. The van der Waals surface area contributed by atoms with Crippen molar-refractivity contribution in [2.75, 3.05) is 0 Å². The van der Waals surface area contributed by atoms with Crippen LogP contribution >= 0.6 is 11.3 Å². The van der Waals surface area contributed by atoms with Crippen LogP contribution in [0.1, 0.15) is 84.6 Å². The molecule has 45 heavy (non-hydrogen) atoms. The summed E-state index contributed by atoms with van der Waals surface area (Å²) in [6.45, 7) is 16.9. The molecule has 2 aromatic carbocycles. The number of rotatable bonds is 9. The largest absolute Gasteiger partial charge is 0.512 e. The van der Waals surface area contributed by atoms with E-state index in [1.165, 1.54) is 17.0 Å². The van der Waals surface area contributed by atoms with E-state index in [2.05, 4.69) is 79.0 Å². The van der Waals surface area contributed by atoms with Crippen molar-refractivity contribution in [3.05, 3.63) is 77.5 Å². The monoisotopic (exact) mass is 803 g/mol. The minimum atomic E-state index is 0. The Balaban J connectivity index is 0.000000297. The second kappa shape index (κ2) is 15.9. The fourth-order valence-electron chi connectivity index (χ4n) is 5.57. The smallest absolute Gasteiger partial charge is 0.229 e. The van der Waals surface area contributed by atoms with Crippen molar-refractivity contribution in [2.45, 2.75) is 86.5 Å². The maximum absolute atomic E-state index is 11.7. The first-order valence-corrected chi connectivity index (χ1v) is 16.4. The maximum Gasteiger partial charge on any atom is 0.229 e. The Morgan fingerprint density at radius 3 is 2.29 bits per heavy atom. The number of aliphatic hydroxyl groups is 1. The van der Waals surface area contributed by atoms with Crippen LogP contribution in [0.15, 0.2) is 65.4 Å². The van der Waals surface area contributed by atoms with Crippen molar-refractivity contribution in [1.29, 1.82) is 0 Å². The quantitative estimate of drug-likeness (QED) is 0.0907. The minimum Gasteiger partial charge on any atom is -0.512 e. The van der Waals surface area contributed by atoms with Gasteiger partial charge in [-0.05, 0) is 38.0 Å². The number of aliphatic hydroxyl groups excluding tert-OH is 1. The Labute approximate surface area is 284 Å². The van der Waals surface area contributed by atoms with Gasteiger partial charge in [0.2, 0.25) is 5.89 Å². The SMILES string of the molecule is CCC(CC)C(=O)/C=C(\O)C(CC)CC.Cc1sc2c(-c3[c-]c4ccccc4c(C(C)(C)C)c3)ncnc2c1-c1ncco1.[Ir]. The number of benzene rings is 2. The van der Waals surface area contributed by atoms with Gasteiger partial charge in [0.15, 0.2) is 5.78 Å². The minimum absolute atomic E-state index is 0. The number of hydrogen-bond acceptors (Lipinski definition) is 7. The van der Waals surface area contributed by atoms with Gasteiger partial charge in [-0.3, -0.25) is 9.78 Å². The first-order chi connectivity index (χ1) is 21.0. The maximum atomic E-state index is 11.7. The molecule has 0 saturated carbocycles. The number of oxazole rings is 1. The molecule has 6 nitrogen and oxygen atoms in total. The molecule has 3 heterocycles. The second-order valence-electron chi connectivity index (χ2n) is 12.2. The summed E-state index contributed by atoms with van der Waals surface area (Å²) in [5.41, 5.74) is 4.99. The second-order valence-corrected chi connectivity index (χ2v) is 13.4. The van der Waals surface area contributed by atoms with Gasteiger partial charge in [0.25, 0.3) is 0 Å². The number of fused-ring (bicyclic) bond motifs is 2. The average molecular weight is 803 g/mol. The summed E-state index contributed by atoms with van der Waals surface area (Å²) in [6.07, 6.45) is 9.78. The zero-order valence-electron chi connectivity index (χ0n) is 27.5. The molecule has 0 bridgehead atoms. The molecule has 0 aliphatic carbocycles. The third-order valence-electron chi connectivity index (χ3n) is 8.21. The topological polar surface area (TPSA) is 89.1 Å². The van der Waals surface area contributed by atoms with Gasteiger partial charge in [0, 0.05) is 53.3 Å². The van der Waals surface area contributed by atoms with Gasteiger partial charge in [-0.15, -0.1) is 40.5 Å². The number of aryl methyl sites for hydroxylation is 1. The van der Waals surface area contributed by atoms with E-state index in [-0.39, 0.29) is 48.9 Å². The van der Waals surface area contributed by atoms with Gasteiger partial charge in [0.05, 0.1) is 23.0 Å². The molecule has 241 valence electrons. The summed E-state index contributed by atoms with van der Waals surface area (Å²) in [4.78, 5) is 26.4. The average Bonchev–Trinajstić information content (AvgIpc) is 3.64. The molecule has 0 saturated heterocycles. The van der Waals surface area contributed by atoms with E-state index in [0.717, 1.165) is 63.0 Å². The fourth-order valence-corrected chi connectivity index (χ4v) is 6.67. The van der Waals surface area contributed by atoms with Crippen molar-refractivity contribution in [2.24, 2.45) is 11.8 Å². The molecule has 0 aliphatic rings. The van der Waals surface area contributed by atoms with E-state index in [0.29, 0.717) is 5.89 Å². The molecule has 0 unspecified atom stereocenters. The number of hydrogen-bond donors (Lipinski definition) is 1. The van der Waals surface area contributed by atoms with Gasteiger partial charge in [-0.1, -0.05) is 77.6 Å². The Bertz CT molecular complexity index is 1740. The molecular weight excluding hydrogens is 759 g/mol. The number of carbonyl (C=O) groups excluding carboxylic acids is 1. The molecule has 0 aliphatic heterocycles. The van der Waals surface area contributed by atoms with Crippen LogP contribution in [-0.4, -0.2) is 25.8 Å². The van der Waals surface area contributed by atoms with Crippen LogP contribution in [0.25, 0.3) is 43.7 Å². The Morgan fingerprint density at radius 2 is 1.69 bits per heavy atom. The first kappa shape index (κ1) is 36.3. The molecule has 1 N–H and O–H groups in total. The molecule has 0 spiro atoms. The van der Waals surface area contributed by atoms with Crippen LogP contribution in [0.5, 0.6) is 0 Å². The predicted molar refractivity (Wildman–Crippen MR) is 182 cm³/mol. The number of thiophene rings is 1. The van der Waals surface area contributed by atoms with Crippen LogP contribution in [-0.2, 0) is 30.3 Å². The van der Waals surface area contributed by atoms with Crippen molar-refractivity contribution in [1.82, 2.24) is 15.0 Å². The van der Waals surface area contributed by atoms with E-state index in [9.17, 15) is 9.90 Å². The molecule has 5 rings (SSSR count). The zero-order chi connectivity index (χ0) is 32.0. The van der Waals surface area contributed by atoms with Crippen molar-refractivity contribution >= 4 is 38.1 Å². The van der Waals surface area contributed by atoms with Gasteiger partial charge < -0.3 is 9.52 Å². The fraction of sp³-hybridized carbons (Fsp3) is 0.405. The molecule has 0 fully saturated rings. The molecule has 0 atom stereocenters. The number of allylic oxidation sites excluding steroid dienone is 2. The van der Waals surface area contributed by atoms with Crippen LogP contribution in [0.4, 0.5) is 0 Å². The van der Waals surface area contributed by atoms with E-state index in [1.807, 2.05) is 27.7 Å². The van der Waals surface area contributed by atoms with Gasteiger partial charge in [0.1, 0.15) is 12.6 Å². The summed E-state index contributed by atoms with van der Waals surface area (Å²) >= 11 is 1.67. The molecule has 3 aromatic heterocycles. The van der Waals surface area contributed by atoms with Gasteiger partial charge in [-0.2, -0.15) is 0 Å². The van der Waals surface area contributed by atoms with Crippen LogP contribution in [0.2, 0.25) is 0 Å². The Morgan fingerprint density at radius 1 is 1.02 bits per heavy atom. The molecule has 5 aromatic rings. The Kier molecular flexibility index (Phi) is 12.8. The summed E-state index contributed by atoms with van der Waals surface area (Å²) in [5, 5.41) is 12.1. The van der Waals surface area contributed by atoms with Crippen molar-refractivity contribution < 1.29 is 34.4 Å². The van der Waals surface area contributed by atoms with E-state index < -0.39 is 0 Å². The van der Waals surface area contributed by atoms with Crippen LogP contribution < -0.4 is 0 Å². The molecular formula is C37H44IrN3O3S-. The number of nitrogens with zero attached hydrogens (tertiary/aromatic N) is 3. The summed E-state index contributed by atoms with van der Waals surface area (Å²) in [6, 6.07) is 14.2. The number of ketones is 1. The van der Waals surface area contributed by atoms with Gasteiger partial charge >= 0.3 is 0 Å². The first-order valence-electron chi connectivity index (χ1n) is 15.6. The normalized spacial score (nSPS) is 12.0. The van der Waals surface area contributed by atoms with E-state index in [4.69, 9.17) is 4.42 Å². The zero-order valence-corrected chi connectivity index (χ0v) is 30.7. The Hall–Kier alpha value is -3.19. The van der Waals surface area contributed by atoms with Crippen LogP contribution in [0.3, 0.4) is 0 Å². The number of aromatic nitrogens is 3. The van der Waals surface area contributed by atoms with Crippen molar-refractivity contribution in [3.63, 3.8) is 0 Å². The van der Waals surface area contributed by atoms with Crippen LogP contribution in [0, 0.1) is 24.8 Å². The standard InChI is InChI=1S/C24H20N3OS.C13H24O2.Ir/c1-14-19(23-25-9-10-28-23)21-22(29-14)20(26-13-27-21)16-11-15-7-5-6-8-17(15)18(12-16)24(2,3)4;1-5-10(6-2)12(14)9-13(15)11(7-3)8-4;/h5-10,12-13H,1-4H3;9-11,14H,5-8H2,1-4H3;/q-1;;/b;12-9-;. The van der Waals surface area contributed by atoms with E-state index >= 15 is 0 Å². The van der Waals surface area contributed by atoms with Crippen molar-refractivity contribution in [3.8, 4) is 22.7 Å². The summed E-state index contributed by atoms with van der Waals surface area (Å²) in [7, 11) is 0. The number of carbonyl (C=O) groups is 1.